The van der Waals surface area contributed by atoms with E-state index in [9.17, 15) is 9.90 Å². The number of phenols is 1. The van der Waals surface area contributed by atoms with Crippen LogP contribution in [0, 0.1) is 13.8 Å². The SMILES string of the molecule is Cc1ccc(OCCNCc2cc(=O)oc3c(C)c(O)ccc23)cc1. The highest BCUT2D eigenvalue weighted by atomic mass is 16.5. The molecule has 3 rings (SSSR count). The van der Waals surface area contributed by atoms with Crippen molar-refractivity contribution in [2.45, 2.75) is 20.4 Å². The summed E-state index contributed by atoms with van der Waals surface area (Å²) in [6.45, 7) is 5.46. The van der Waals surface area contributed by atoms with Crippen molar-refractivity contribution >= 4 is 11.0 Å². The Kier molecular flexibility index (Phi) is 5.05. The Morgan fingerprint density at radius 1 is 1.12 bits per heavy atom. The lowest BCUT2D eigenvalue weighted by molar-refractivity contribution is 0.313. The van der Waals surface area contributed by atoms with E-state index in [0.29, 0.717) is 30.8 Å². The summed E-state index contributed by atoms with van der Waals surface area (Å²) in [5.74, 6) is 0.955. The molecule has 5 nitrogen and oxygen atoms in total. The summed E-state index contributed by atoms with van der Waals surface area (Å²) in [4.78, 5) is 11.8. The van der Waals surface area contributed by atoms with Crippen LogP contribution in [-0.4, -0.2) is 18.3 Å². The summed E-state index contributed by atoms with van der Waals surface area (Å²) in [6, 6.07) is 12.8. The topological polar surface area (TPSA) is 71.7 Å². The molecule has 0 saturated carbocycles. The van der Waals surface area contributed by atoms with Crippen LogP contribution in [0.15, 0.2) is 51.7 Å². The molecule has 0 spiro atoms. The van der Waals surface area contributed by atoms with Crippen LogP contribution in [0.5, 0.6) is 11.5 Å². The van der Waals surface area contributed by atoms with Gasteiger partial charge in [-0.2, -0.15) is 0 Å². The first-order chi connectivity index (χ1) is 12.0. The van der Waals surface area contributed by atoms with Crippen LogP contribution in [0.1, 0.15) is 16.7 Å². The second-order valence-corrected chi connectivity index (χ2v) is 6.02. The molecule has 1 heterocycles. The van der Waals surface area contributed by atoms with Crippen molar-refractivity contribution in [1.29, 1.82) is 0 Å². The minimum atomic E-state index is -0.422. The lowest BCUT2D eigenvalue weighted by Crippen LogP contribution is -2.21. The minimum absolute atomic E-state index is 0.118. The number of aryl methyl sites for hydroxylation is 2. The van der Waals surface area contributed by atoms with Crippen LogP contribution in [0.25, 0.3) is 11.0 Å². The maximum Gasteiger partial charge on any atom is 0.336 e. The highest BCUT2D eigenvalue weighted by molar-refractivity contribution is 5.84. The third kappa shape index (κ3) is 4.00. The summed E-state index contributed by atoms with van der Waals surface area (Å²) in [5.41, 5.74) is 2.61. The van der Waals surface area contributed by atoms with E-state index in [1.54, 1.807) is 19.1 Å². The van der Waals surface area contributed by atoms with Gasteiger partial charge in [0.15, 0.2) is 0 Å². The average Bonchev–Trinajstić information content (AvgIpc) is 2.60. The zero-order valence-corrected chi connectivity index (χ0v) is 14.3. The monoisotopic (exact) mass is 339 g/mol. The zero-order valence-electron chi connectivity index (χ0n) is 14.3. The molecule has 130 valence electrons. The molecular formula is C20H21NO4. The fourth-order valence-corrected chi connectivity index (χ4v) is 2.66. The molecule has 0 aliphatic heterocycles. The van der Waals surface area contributed by atoms with Gasteiger partial charge in [0, 0.05) is 30.1 Å². The van der Waals surface area contributed by atoms with Gasteiger partial charge in [0.2, 0.25) is 0 Å². The van der Waals surface area contributed by atoms with Crippen molar-refractivity contribution in [3.8, 4) is 11.5 Å². The molecule has 0 aliphatic carbocycles. The number of hydrogen-bond donors (Lipinski definition) is 2. The number of benzene rings is 2. The van der Waals surface area contributed by atoms with E-state index in [4.69, 9.17) is 9.15 Å². The van der Waals surface area contributed by atoms with E-state index in [2.05, 4.69) is 5.32 Å². The first kappa shape index (κ1) is 17.0. The lowest BCUT2D eigenvalue weighted by atomic mass is 10.1. The number of phenolic OH excluding ortho intramolecular Hbond substituents is 1. The Balaban J connectivity index is 1.62. The molecule has 0 fully saturated rings. The largest absolute Gasteiger partial charge is 0.508 e. The molecule has 0 radical (unpaired) electrons. The Bertz CT molecular complexity index is 929. The normalized spacial score (nSPS) is 11.0. The molecule has 3 aromatic rings. The molecule has 2 N–H and O–H groups in total. The van der Waals surface area contributed by atoms with Crippen LogP contribution < -0.4 is 15.7 Å². The van der Waals surface area contributed by atoms with Crippen LogP contribution in [0.3, 0.4) is 0 Å². The first-order valence-electron chi connectivity index (χ1n) is 8.20. The van der Waals surface area contributed by atoms with Crippen LogP contribution in [0.2, 0.25) is 0 Å². The highest BCUT2D eigenvalue weighted by Crippen LogP contribution is 2.27. The van der Waals surface area contributed by atoms with Crippen LogP contribution >= 0.6 is 0 Å². The maximum absolute atomic E-state index is 11.8. The standard InChI is InChI=1S/C20H21NO4/c1-13-3-5-16(6-4-13)24-10-9-21-12-15-11-19(23)25-20-14(2)18(22)8-7-17(15)20/h3-8,11,21-22H,9-10,12H2,1-2H3. The van der Waals surface area contributed by atoms with Crippen LogP contribution in [0.4, 0.5) is 0 Å². The quantitative estimate of drug-likeness (QED) is 0.533. The molecule has 0 amide bonds. The second kappa shape index (κ2) is 7.40. The number of ether oxygens (including phenoxy) is 1. The molecule has 1 aromatic heterocycles. The minimum Gasteiger partial charge on any atom is -0.508 e. The smallest absolute Gasteiger partial charge is 0.336 e. The predicted molar refractivity (Wildman–Crippen MR) is 97.3 cm³/mol. The molecule has 5 heteroatoms. The molecule has 0 bridgehead atoms. The van der Waals surface area contributed by atoms with Gasteiger partial charge in [-0.05, 0) is 43.7 Å². The van der Waals surface area contributed by atoms with Crippen LogP contribution in [-0.2, 0) is 6.54 Å². The number of hydrogen-bond acceptors (Lipinski definition) is 5. The molecule has 0 atom stereocenters. The fraction of sp³-hybridized carbons (Fsp3) is 0.250. The maximum atomic E-state index is 11.8. The Hall–Kier alpha value is -2.79. The zero-order chi connectivity index (χ0) is 17.8. The Labute approximate surface area is 145 Å². The number of nitrogens with one attached hydrogen (secondary N) is 1. The average molecular weight is 339 g/mol. The number of fused-ring (bicyclic) bond motifs is 1. The number of aromatic hydroxyl groups is 1. The van der Waals surface area contributed by atoms with Gasteiger partial charge >= 0.3 is 5.63 Å². The first-order valence-corrected chi connectivity index (χ1v) is 8.20. The lowest BCUT2D eigenvalue weighted by Gasteiger charge is -2.10. The van der Waals surface area contributed by atoms with Gasteiger partial charge < -0.3 is 19.6 Å². The summed E-state index contributed by atoms with van der Waals surface area (Å²) < 4.78 is 10.9. The third-order valence-electron chi connectivity index (χ3n) is 4.10. The van der Waals surface area contributed by atoms with E-state index in [-0.39, 0.29) is 5.75 Å². The van der Waals surface area contributed by atoms with E-state index < -0.39 is 5.63 Å². The van der Waals surface area contributed by atoms with Gasteiger partial charge in [-0.1, -0.05) is 17.7 Å². The Morgan fingerprint density at radius 2 is 1.88 bits per heavy atom. The molecule has 25 heavy (non-hydrogen) atoms. The predicted octanol–water partition coefficient (Wildman–Crippen LogP) is 3.28. The fourth-order valence-electron chi connectivity index (χ4n) is 2.66. The van der Waals surface area contributed by atoms with E-state index in [1.165, 1.54) is 11.6 Å². The molecule has 0 unspecified atom stereocenters. The highest BCUT2D eigenvalue weighted by Gasteiger charge is 2.10. The third-order valence-corrected chi connectivity index (χ3v) is 4.10. The van der Waals surface area contributed by atoms with Gasteiger partial charge in [-0.3, -0.25) is 0 Å². The molecular weight excluding hydrogens is 318 g/mol. The number of rotatable bonds is 6. The van der Waals surface area contributed by atoms with E-state index >= 15 is 0 Å². The summed E-state index contributed by atoms with van der Waals surface area (Å²) in [7, 11) is 0. The van der Waals surface area contributed by atoms with Crippen molar-refractivity contribution in [2.24, 2.45) is 0 Å². The Morgan fingerprint density at radius 3 is 2.64 bits per heavy atom. The van der Waals surface area contributed by atoms with Crippen molar-refractivity contribution in [3.05, 3.63) is 69.6 Å². The van der Waals surface area contributed by atoms with Gasteiger partial charge in [-0.25, -0.2) is 4.79 Å². The van der Waals surface area contributed by atoms with Gasteiger partial charge in [0.05, 0.1) is 0 Å². The van der Waals surface area contributed by atoms with Crippen molar-refractivity contribution < 1.29 is 14.3 Å². The summed E-state index contributed by atoms with van der Waals surface area (Å²) in [5, 5.41) is 13.9. The molecule has 0 aliphatic rings. The van der Waals surface area contributed by atoms with E-state index in [0.717, 1.165) is 16.7 Å². The summed E-state index contributed by atoms with van der Waals surface area (Å²) >= 11 is 0. The van der Waals surface area contributed by atoms with Gasteiger partial charge in [0.25, 0.3) is 0 Å². The van der Waals surface area contributed by atoms with E-state index in [1.807, 2.05) is 31.2 Å². The molecule has 0 saturated heterocycles. The summed E-state index contributed by atoms with van der Waals surface area (Å²) in [6.07, 6.45) is 0. The van der Waals surface area contributed by atoms with Crippen molar-refractivity contribution in [3.63, 3.8) is 0 Å². The van der Waals surface area contributed by atoms with Gasteiger partial charge in [-0.15, -0.1) is 0 Å². The van der Waals surface area contributed by atoms with Crippen molar-refractivity contribution in [2.75, 3.05) is 13.2 Å². The molecule has 2 aromatic carbocycles. The second-order valence-electron chi connectivity index (χ2n) is 6.02. The van der Waals surface area contributed by atoms with Crippen molar-refractivity contribution in [1.82, 2.24) is 5.32 Å². The van der Waals surface area contributed by atoms with Gasteiger partial charge in [0.1, 0.15) is 23.7 Å².